The molecule has 2 heterocycles. The van der Waals surface area contributed by atoms with Gasteiger partial charge < -0.3 is 15.6 Å². The number of nitrogens with zero attached hydrogens (tertiary/aromatic N) is 1. The number of nitrogens with two attached hydrogens (primary N) is 1. The Labute approximate surface area is 158 Å². The van der Waals surface area contributed by atoms with Gasteiger partial charge in [-0.25, -0.2) is 0 Å². The highest BCUT2D eigenvalue weighted by molar-refractivity contribution is 5.94. The summed E-state index contributed by atoms with van der Waals surface area (Å²) in [6.45, 7) is 5.21. The molecule has 0 saturated carbocycles. The Balaban J connectivity index is 1.67. The van der Waals surface area contributed by atoms with Gasteiger partial charge in [0.2, 0.25) is 5.91 Å². The van der Waals surface area contributed by atoms with Gasteiger partial charge in [-0.1, -0.05) is 26.0 Å². The van der Waals surface area contributed by atoms with E-state index >= 15 is 0 Å². The summed E-state index contributed by atoms with van der Waals surface area (Å²) in [6.07, 6.45) is 1.64. The average Bonchev–Trinajstić information content (AvgIpc) is 3.09. The van der Waals surface area contributed by atoms with E-state index in [0.29, 0.717) is 24.6 Å². The number of primary amides is 1. The second-order valence-corrected chi connectivity index (χ2v) is 7.49. The van der Waals surface area contributed by atoms with E-state index in [-0.39, 0.29) is 22.9 Å². The van der Waals surface area contributed by atoms with Crippen LogP contribution in [0.1, 0.15) is 58.2 Å². The van der Waals surface area contributed by atoms with E-state index in [1.807, 2.05) is 38.1 Å². The van der Waals surface area contributed by atoms with Gasteiger partial charge in [0.05, 0.1) is 0 Å². The van der Waals surface area contributed by atoms with Crippen molar-refractivity contribution in [2.75, 3.05) is 13.1 Å². The topological polar surface area (TPSA) is 96.3 Å². The van der Waals surface area contributed by atoms with E-state index in [9.17, 15) is 14.4 Å². The first kappa shape index (κ1) is 18.9. The zero-order chi connectivity index (χ0) is 19.6. The zero-order valence-corrected chi connectivity index (χ0v) is 15.7. The normalized spacial score (nSPS) is 16.7. The minimum absolute atomic E-state index is 0.191. The van der Waals surface area contributed by atoms with Crippen LogP contribution in [-0.4, -0.2) is 34.8 Å². The number of pyridine rings is 1. The van der Waals surface area contributed by atoms with E-state index in [1.54, 1.807) is 17.0 Å². The van der Waals surface area contributed by atoms with Gasteiger partial charge in [-0.05, 0) is 54.5 Å². The SMILES string of the molecule is CC(C)c1ccc(C(=O)N2CCC(Cc3cccc(C(N)=O)c3)C2)c(=O)[nH]1. The standard InChI is InChI=1S/C21H25N3O3/c1-13(2)18-7-6-17(20(26)23-18)21(27)24-9-8-15(12-24)10-14-4-3-5-16(11-14)19(22)25/h3-7,11,13,15H,8-10,12H2,1-2H3,(H2,22,25)(H,23,26). The van der Waals surface area contributed by atoms with Crippen molar-refractivity contribution in [3.8, 4) is 0 Å². The highest BCUT2D eigenvalue weighted by Crippen LogP contribution is 2.22. The van der Waals surface area contributed by atoms with Crippen molar-refractivity contribution in [3.05, 3.63) is 69.1 Å². The summed E-state index contributed by atoms with van der Waals surface area (Å²) in [7, 11) is 0. The van der Waals surface area contributed by atoms with E-state index in [1.165, 1.54) is 0 Å². The molecule has 0 aliphatic carbocycles. The van der Waals surface area contributed by atoms with Crippen LogP contribution in [-0.2, 0) is 6.42 Å². The molecule has 3 rings (SSSR count). The van der Waals surface area contributed by atoms with Gasteiger partial charge in [-0.15, -0.1) is 0 Å². The van der Waals surface area contributed by atoms with Crippen molar-refractivity contribution < 1.29 is 9.59 Å². The highest BCUT2D eigenvalue weighted by Gasteiger charge is 2.28. The predicted molar refractivity (Wildman–Crippen MR) is 104 cm³/mol. The fraction of sp³-hybridized carbons (Fsp3) is 0.381. The van der Waals surface area contributed by atoms with Crippen LogP contribution in [0, 0.1) is 5.92 Å². The molecule has 0 radical (unpaired) electrons. The lowest BCUT2D eigenvalue weighted by Gasteiger charge is -2.17. The molecule has 2 amide bonds. The lowest BCUT2D eigenvalue weighted by atomic mass is 9.97. The Kier molecular flexibility index (Phi) is 5.44. The molecule has 1 atom stereocenters. The molecule has 1 saturated heterocycles. The van der Waals surface area contributed by atoms with E-state index in [4.69, 9.17) is 5.73 Å². The van der Waals surface area contributed by atoms with Gasteiger partial charge in [0.15, 0.2) is 0 Å². The minimum atomic E-state index is -0.441. The lowest BCUT2D eigenvalue weighted by molar-refractivity contribution is 0.0785. The molecule has 1 fully saturated rings. The van der Waals surface area contributed by atoms with Crippen LogP contribution in [0.4, 0.5) is 0 Å². The molecule has 6 heteroatoms. The van der Waals surface area contributed by atoms with Crippen molar-refractivity contribution >= 4 is 11.8 Å². The van der Waals surface area contributed by atoms with Crippen LogP contribution < -0.4 is 11.3 Å². The number of aromatic nitrogens is 1. The Morgan fingerprint density at radius 2 is 2.04 bits per heavy atom. The van der Waals surface area contributed by atoms with Gasteiger partial charge in [0.25, 0.3) is 11.5 Å². The summed E-state index contributed by atoms with van der Waals surface area (Å²) in [4.78, 5) is 40.9. The van der Waals surface area contributed by atoms with Crippen LogP contribution in [0.5, 0.6) is 0 Å². The number of likely N-dealkylation sites (tertiary alicyclic amines) is 1. The zero-order valence-electron chi connectivity index (χ0n) is 15.7. The van der Waals surface area contributed by atoms with Gasteiger partial charge >= 0.3 is 0 Å². The number of carbonyl (C=O) groups excluding carboxylic acids is 2. The van der Waals surface area contributed by atoms with Crippen molar-refractivity contribution in [3.63, 3.8) is 0 Å². The van der Waals surface area contributed by atoms with Crippen LogP contribution in [0.2, 0.25) is 0 Å². The van der Waals surface area contributed by atoms with Crippen molar-refractivity contribution in [2.24, 2.45) is 11.7 Å². The average molecular weight is 367 g/mol. The Morgan fingerprint density at radius 1 is 1.26 bits per heavy atom. The maximum absolute atomic E-state index is 12.7. The third kappa shape index (κ3) is 4.27. The quantitative estimate of drug-likeness (QED) is 0.849. The van der Waals surface area contributed by atoms with Crippen LogP contribution >= 0.6 is 0 Å². The van der Waals surface area contributed by atoms with Gasteiger partial charge in [0, 0.05) is 24.3 Å². The molecule has 1 aromatic heterocycles. The van der Waals surface area contributed by atoms with Crippen LogP contribution in [0.25, 0.3) is 0 Å². The third-order valence-corrected chi connectivity index (χ3v) is 5.09. The van der Waals surface area contributed by atoms with Crippen molar-refractivity contribution in [1.82, 2.24) is 9.88 Å². The summed E-state index contributed by atoms with van der Waals surface area (Å²) in [6, 6.07) is 10.7. The Hall–Kier alpha value is -2.89. The second kappa shape index (κ2) is 7.78. The molecule has 1 aliphatic rings. The number of rotatable bonds is 5. The fourth-order valence-electron chi connectivity index (χ4n) is 3.53. The number of H-pyrrole nitrogens is 1. The number of benzene rings is 1. The summed E-state index contributed by atoms with van der Waals surface area (Å²) >= 11 is 0. The van der Waals surface area contributed by atoms with Crippen LogP contribution in [0.15, 0.2) is 41.2 Å². The first-order valence-electron chi connectivity index (χ1n) is 9.26. The smallest absolute Gasteiger partial charge is 0.261 e. The first-order valence-corrected chi connectivity index (χ1v) is 9.26. The number of aromatic amines is 1. The highest BCUT2D eigenvalue weighted by atomic mass is 16.2. The molecule has 142 valence electrons. The Morgan fingerprint density at radius 3 is 2.70 bits per heavy atom. The summed E-state index contributed by atoms with van der Waals surface area (Å²) < 4.78 is 0. The molecule has 1 unspecified atom stereocenters. The number of hydrogen-bond acceptors (Lipinski definition) is 3. The molecule has 27 heavy (non-hydrogen) atoms. The summed E-state index contributed by atoms with van der Waals surface area (Å²) in [5, 5.41) is 0. The van der Waals surface area contributed by atoms with Crippen LogP contribution in [0.3, 0.4) is 0 Å². The first-order chi connectivity index (χ1) is 12.8. The number of carbonyl (C=O) groups is 2. The maximum atomic E-state index is 12.7. The number of amides is 2. The third-order valence-electron chi connectivity index (χ3n) is 5.09. The molecule has 6 nitrogen and oxygen atoms in total. The molecule has 1 aromatic carbocycles. The number of nitrogens with one attached hydrogen (secondary N) is 1. The van der Waals surface area contributed by atoms with Gasteiger partial charge in [0.1, 0.15) is 5.56 Å². The van der Waals surface area contributed by atoms with Gasteiger partial charge in [-0.3, -0.25) is 14.4 Å². The molecule has 3 N–H and O–H groups in total. The fourth-order valence-corrected chi connectivity index (χ4v) is 3.53. The lowest BCUT2D eigenvalue weighted by Crippen LogP contribution is -2.33. The molecule has 2 aromatic rings. The second-order valence-electron chi connectivity index (χ2n) is 7.49. The molecule has 0 bridgehead atoms. The summed E-state index contributed by atoms with van der Waals surface area (Å²) in [5.41, 5.74) is 7.55. The molecular weight excluding hydrogens is 342 g/mol. The predicted octanol–water partition coefficient (Wildman–Crippen LogP) is 2.30. The maximum Gasteiger partial charge on any atom is 0.261 e. The Bertz CT molecular complexity index is 917. The van der Waals surface area contributed by atoms with Gasteiger partial charge in [-0.2, -0.15) is 0 Å². The number of hydrogen-bond donors (Lipinski definition) is 2. The summed E-state index contributed by atoms with van der Waals surface area (Å²) in [5.74, 6) is -0.163. The van der Waals surface area contributed by atoms with E-state index in [2.05, 4.69) is 4.98 Å². The minimum Gasteiger partial charge on any atom is -0.366 e. The molecule has 1 aliphatic heterocycles. The molecule has 0 spiro atoms. The van der Waals surface area contributed by atoms with Crippen molar-refractivity contribution in [2.45, 2.75) is 32.6 Å². The largest absolute Gasteiger partial charge is 0.366 e. The van der Waals surface area contributed by atoms with E-state index < -0.39 is 5.91 Å². The van der Waals surface area contributed by atoms with Crippen molar-refractivity contribution in [1.29, 1.82) is 0 Å². The monoisotopic (exact) mass is 367 g/mol. The van der Waals surface area contributed by atoms with E-state index in [0.717, 1.165) is 24.1 Å². The molecular formula is C21H25N3O3.